The van der Waals surface area contributed by atoms with Crippen molar-refractivity contribution in [2.75, 3.05) is 6.61 Å². The first kappa shape index (κ1) is 12.4. The molecule has 0 saturated heterocycles. The van der Waals surface area contributed by atoms with Crippen molar-refractivity contribution in [3.8, 4) is 0 Å². The number of hydrogen-bond donors (Lipinski definition) is 1. The van der Waals surface area contributed by atoms with Gasteiger partial charge >= 0.3 is 0 Å². The van der Waals surface area contributed by atoms with E-state index in [1.165, 1.54) is 70.6 Å². The second-order valence-electron chi connectivity index (χ2n) is 6.15. The lowest BCUT2D eigenvalue weighted by Crippen LogP contribution is -2.18. The summed E-state index contributed by atoms with van der Waals surface area (Å²) in [6, 6.07) is 0. The second kappa shape index (κ2) is 6.64. The molecule has 1 N–H and O–H groups in total. The first-order valence-corrected chi connectivity index (χ1v) is 7.49. The van der Waals surface area contributed by atoms with Gasteiger partial charge in [-0.25, -0.2) is 0 Å². The second-order valence-corrected chi connectivity index (χ2v) is 6.15. The molecule has 2 aliphatic carbocycles. The Labute approximate surface area is 101 Å². The summed E-state index contributed by atoms with van der Waals surface area (Å²) < 4.78 is 0. The summed E-state index contributed by atoms with van der Waals surface area (Å²) in [6.07, 6.45) is 15.8. The molecule has 94 valence electrons. The van der Waals surface area contributed by atoms with Crippen molar-refractivity contribution in [3.63, 3.8) is 0 Å². The van der Waals surface area contributed by atoms with Crippen LogP contribution in [-0.4, -0.2) is 11.7 Å². The number of hydrogen-bond acceptors (Lipinski definition) is 1. The maximum Gasteiger partial charge on any atom is 0.0459 e. The van der Waals surface area contributed by atoms with Crippen molar-refractivity contribution < 1.29 is 5.11 Å². The first-order chi connectivity index (χ1) is 7.88. The van der Waals surface area contributed by atoms with Gasteiger partial charge in [0.2, 0.25) is 0 Å². The van der Waals surface area contributed by atoms with E-state index in [1.807, 2.05) is 0 Å². The third-order valence-corrected chi connectivity index (χ3v) is 4.93. The highest BCUT2D eigenvalue weighted by atomic mass is 16.3. The number of aliphatic hydroxyl groups excluding tert-OH is 1. The van der Waals surface area contributed by atoms with Gasteiger partial charge in [0, 0.05) is 6.61 Å². The predicted molar refractivity (Wildman–Crippen MR) is 68.3 cm³/mol. The Morgan fingerprint density at radius 2 is 1.12 bits per heavy atom. The minimum atomic E-state index is 0.426. The minimum absolute atomic E-state index is 0.426. The lowest BCUT2D eigenvalue weighted by atomic mass is 9.77. The molecule has 1 nitrogen and oxygen atoms in total. The van der Waals surface area contributed by atoms with Crippen LogP contribution in [-0.2, 0) is 0 Å². The fourth-order valence-corrected chi connectivity index (χ4v) is 3.65. The normalized spacial score (nSPS) is 32.8. The quantitative estimate of drug-likeness (QED) is 0.760. The van der Waals surface area contributed by atoms with Crippen LogP contribution in [0.1, 0.15) is 70.6 Å². The summed E-state index contributed by atoms with van der Waals surface area (Å²) in [5, 5.41) is 9.11. The van der Waals surface area contributed by atoms with E-state index >= 15 is 0 Å². The molecule has 0 aromatic rings. The van der Waals surface area contributed by atoms with Crippen LogP contribution in [0.3, 0.4) is 0 Å². The van der Waals surface area contributed by atoms with E-state index in [2.05, 4.69) is 0 Å². The molecule has 0 aromatic carbocycles. The first-order valence-electron chi connectivity index (χ1n) is 7.49. The fourth-order valence-electron chi connectivity index (χ4n) is 3.65. The highest BCUT2D eigenvalue weighted by Crippen LogP contribution is 2.34. The summed E-state index contributed by atoms with van der Waals surface area (Å²) in [5.41, 5.74) is 0. The number of aliphatic hydroxyl groups is 1. The molecule has 0 heterocycles. The summed E-state index contributed by atoms with van der Waals surface area (Å²) in [6.45, 7) is 0.426. The van der Waals surface area contributed by atoms with Crippen molar-refractivity contribution in [2.45, 2.75) is 70.6 Å². The molecule has 0 aliphatic heterocycles. The summed E-state index contributed by atoms with van der Waals surface area (Å²) in [7, 11) is 0. The zero-order valence-electron chi connectivity index (χ0n) is 10.7. The average Bonchev–Trinajstić information content (AvgIpc) is 2.38. The van der Waals surface area contributed by atoms with Crippen molar-refractivity contribution in [3.05, 3.63) is 0 Å². The maximum absolute atomic E-state index is 9.11. The minimum Gasteiger partial charge on any atom is -0.396 e. The molecule has 16 heavy (non-hydrogen) atoms. The van der Waals surface area contributed by atoms with Crippen molar-refractivity contribution in [2.24, 2.45) is 17.8 Å². The van der Waals surface area contributed by atoms with Crippen molar-refractivity contribution in [1.82, 2.24) is 0 Å². The highest BCUT2D eigenvalue weighted by molar-refractivity contribution is 4.74. The standard InChI is InChI=1S/C15H28O/c16-12-15-10-8-14(9-11-15)7-6-13-4-2-1-3-5-13/h13-16H,1-12H2. The van der Waals surface area contributed by atoms with Crippen LogP contribution in [0.4, 0.5) is 0 Å². The fraction of sp³-hybridized carbons (Fsp3) is 1.00. The molecular weight excluding hydrogens is 196 g/mol. The third-order valence-electron chi connectivity index (χ3n) is 4.93. The summed E-state index contributed by atoms with van der Waals surface area (Å²) in [5.74, 6) is 2.68. The maximum atomic E-state index is 9.11. The lowest BCUT2D eigenvalue weighted by molar-refractivity contribution is 0.159. The van der Waals surface area contributed by atoms with E-state index in [0.29, 0.717) is 12.5 Å². The zero-order valence-corrected chi connectivity index (χ0v) is 10.7. The molecule has 0 aromatic heterocycles. The molecule has 0 spiro atoms. The van der Waals surface area contributed by atoms with Crippen LogP contribution in [0.5, 0.6) is 0 Å². The highest BCUT2D eigenvalue weighted by Gasteiger charge is 2.22. The molecule has 0 atom stereocenters. The Hall–Kier alpha value is -0.0400. The van der Waals surface area contributed by atoms with E-state index in [4.69, 9.17) is 5.11 Å². The molecule has 1 heteroatoms. The van der Waals surface area contributed by atoms with E-state index in [-0.39, 0.29) is 0 Å². The van der Waals surface area contributed by atoms with Crippen LogP contribution >= 0.6 is 0 Å². The van der Waals surface area contributed by atoms with Gasteiger partial charge in [0.15, 0.2) is 0 Å². The molecule has 2 rings (SSSR count). The van der Waals surface area contributed by atoms with Crippen LogP contribution in [0, 0.1) is 17.8 Å². The summed E-state index contributed by atoms with van der Waals surface area (Å²) in [4.78, 5) is 0. The van der Waals surface area contributed by atoms with Crippen molar-refractivity contribution in [1.29, 1.82) is 0 Å². The topological polar surface area (TPSA) is 20.2 Å². The molecular formula is C15H28O. The van der Waals surface area contributed by atoms with Gasteiger partial charge in [0.1, 0.15) is 0 Å². The van der Waals surface area contributed by atoms with Gasteiger partial charge in [-0.2, -0.15) is 0 Å². The Balaban J connectivity index is 1.59. The Morgan fingerprint density at radius 1 is 0.625 bits per heavy atom. The van der Waals surface area contributed by atoms with E-state index < -0.39 is 0 Å². The van der Waals surface area contributed by atoms with Crippen LogP contribution < -0.4 is 0 Å². The van der Waals surface area contributed by atoms with Crippen LogP contribution in [0.15, 0.2) is 0 Å². The average molecular weight is 224 g/mol. The lowest BCUT2D eigenvalue weighted by Gasteiger charge is -2.29. The van der Waals surface area contributed by atoms with E-state index in [0.717, 1.165) is 11.8 Å². The SMILES string of the molecule is OCC1CCC(CCC2CCCCC2)CC1. The van der Waals surface area contributed by atoms with Crippen LogP contribution in [0.2, 0.25) is 0 Å². The van der Waals surface area contributed by atoms with Gasteiger partial charge in [0.05, 0.1) is 0 Å². The smallest absolute Gasteiger partial charge is 0.0459 e. The third kappa shape index (κ3) is 3.76. The monoisotopic (exact) mass is 224 g/mol. The van der Waals surface area contributed by atoms with Gasteiger partial charge in [0.25, 0.3) is 0 Å². The Kier molecular flexibility index (Phi) is 5.15. The summed E-state index contributed by atoms with van der Waals surface area (Å²) >= 11 is 0. The van der Waals surface area contributed by atoms with E-state index in [1.54, 1.807) is 0 Å². The largest absolute Gasteiger partial charge is 0.396 e. The van der Waals surface area contributed by atoms with Gasteiger partial charge in [-0.3, -0.25) is 0 Å². The van der Waals surface area contributed by atoms with Crippen molar-refractivity contribution >= 4 is 0 Å². The van der Waals surface area contributed by atoms with Gasteiger partial charge in [-0.05, 0) is 30.6 Å². The molecule has 2 fully saturated rings. The van der Waals surface area contributed by atoms with Gasteiger partial charge in [-0.15, -0.1) is 0 Å². The Morgan fingerprint density at radius 3 is 1.69 bits per heavy atom. The molecule has 2 saturated carbocycles. The van der Waals surface area contributed by atoms with Gasteiger partial charge < -0.3 is 5.11 Å². The molecule has 0 radical (unpaired) electrons. The van der Waals surface area contributed by atoms with Gasteiger partial charge in [-0.1, -0.05) is 57.8 Å². The zero-order chi connectivity index (χ0) is 11.2. The molecule has 0 unspecified atom stereocenters. The molecule has 2 aliphatic rings. The molecule has 0 bridgehead atoms. The predicted octanol–water partition coefficient (Wildman–Crippen LogP) is 4.15. The van der Waals surface area contributed by atoms with Crippen LogP contribution in [0.25, 0.3) is 0 Å². The Bertz CT molecular complexity index is 176. The molecule has 0 amide bonds. The number of rotatable bonds is 4. The van der Waals surface area contributed by atoms with E-state index in [9.17, 15) is 0 Å².